The second-order valence-corrected chi connectivity index (χ2v) is 6.88. The Morgan fingerprint density at radius 1 is 1.00 bits per heavy atom. The first-order valence-corrected chi connectivity index (χ1v) is 9.35. The van der Waals surface area contributed by atoms with Crippen LogP contribution in [-0.4, -0.2) is 23.7 Å². The lowest BCUT2D eigenvalue weighted by molar-refractivity contribution is -0.306. The molecule has 6 nitrogen and oxygen atoms in total. The summed E-state index contributed by atoms with van der Waals surface area (Å²) in [6.07, 6.45) is 2.04. The first kappa shape index (κ1) is 18.7. The number of carbonyl (C=O) groups is 2. The van der Waals surface area contributed by atoms with Crippen molar-refractivity contribution in [2.24, 2.45) is 0 Å². The molecule has 29 heavy (non-hydrogen) atoms. The van der Waals surface area contributed by atoms with Crippen molar-refractivity contribution in [3.05, 3.63) is 89.7 Å². The molecule has 0 radical (unpaired) electrons. The second-order valence-electron chi connectivity index (χ2n) is 6.88. The number of benzene rings is 2. The monoisotopic (exact) mass is 387 g/mol. The number of carboxylic acids is 1. The highest BCUT2D eigenvalue weighted by molar-refractivity contribution is 5.79. The van der Waals surface area contributed by atoms with Crippen molar-refractivity contribution >= 4 is 12.1 Å². The molecule has 1 aromatic heterocycles. The normalized spacial score (nSPS) is 13.2. The smallest absolute Gasteiger partial charge is 0.407 e. The molecule has 0 aliphatic heterocycles. The molecular weight excluding hydrogens is 368 g/mol. The summed E-state index contributed by atoms with van der Waals surface area (Å²) in [7, 11) is 0. The summed E-state index contributed by atoms with van der Waals surface area (Å²) in [5.74, 6) is -1.33. The van der Waals surface area contributed by atoms with Crippen LogP contribution in [0.4, 0.5) is 4.79 Å². The van der Waals surface area contributed by atoms with E-state index in [2.05, 4.69) is 22.4 Å². The topological polar surface area (TPSA) is 91.3 Å². The molecule has 4 rings (SSSR count). The third-order valence-corrected chi connectivity index (χ3v) is 5.09. The minimum Gasteiger partial charge on any atom is -0.550 e. The van der Waals surface area contributed by atoms with Gasteiger partial charge in [0.05, 0.1) is 6.04 Å². The zero-order valence-corrected chi connectivity index (χ0v) is 15.6. The Balaban J connectivity index is 1.47. The number of nitrogens with zero attached hydrogens (tertiary/aromatic N) is 1. The van der Waals surface area contributed by atoms with Gasteiger partial charge in [0.2, 0.25) is 0 Å². The van der Waals surface area contributed by atoms with Crippen LogP contribution in [0.15, 0.2) is 73.1 Å². The number of alkyl carbamates (subject to hydrolysis) is 1. The number of hydrogen-bond donors (Lipinski definition) is 1. The van der Waals surface area contributed by atoms with Gasteiger partial charge in [0.25, 0.3) is 0 Å². The van der Waals surface area contributed by atoms with E-state index in [1.165, 1.54) is 6.20 Å². The summed E-state index contributed by atoms with van der Waals surface area (Å²) in [5.41, 5.74) is 5.08. The predicted molar refractivity (Wildman–Crippen MR) is 105 cm³/mol. The van der Waals surface area contributed by atoms with Crippen molar-refractivity contribution < 1.29 is 19.4 Å². The van der Waals surface area contributed by atoms with E-state index in [-0.39, 0.29) is 18.9 Å². The van der Waals surface area contributed by atoms with Gasteiger partial charge in [0.15, 0.2) is 0 Å². The molecule has 1 atom stereocenters. The SMILES string of the molecule is O=C([O-])C[C@@H](NC(=O)OCC1c2ccccc2-c2ccccc21)c1cccnc1. The van der Waals surface area contributed by atoms with Crippen molar-refractivity contribution in [2.45, 2.75) is 18.4 Å². The lowest BCUT2D eigenvalue weighted by atomic mass is 9.98. The van der Waals surface area contributed by atoms with Crippen LogP contribution in [0.5, 0.6) is 0 Å². The van der Waals surface area contributed by atoms with Crippen LogP contribution in [0.1, 0.15) is 35.1 Å². The molecule has 1 heterocycles. The molecule has 2 aromatic carbocycles. The first-order chi connectivity index (χ1) is 14.1. The molecule has 3 aromatic rings. The van der Waals surface area contributed by atoms with Gasteiger partial charge >= 0.3 is 6.09 Å². The number of pyridine rings is 1. The van der Waals surface area contributed by atoms with E-state index in [1.807, 2.05) is 36.4 Å². The molecule has 1 amide bonds. The van der Waals surface area contributed by atoms with Crippen LogP contribution in [0.25, 0.3) is 11.1 Å². The Hall–Kier alpha value is -3.67. The Labute approximate surface area is 168 Å². The highest BCUT2D eigenvalue weighted by Crippen LogP contribution is 2.44. The van der Waals surface area contributed by atoms with Crippen molar-refractivity contribution in [3.63, 3.8) is 0 Å². The second kappa shape index (κ2) is 8.14. The summed E-state index contributed by atoms with van der Waals surface area (Å²) in [4.78, 5) is 27.5. The maximum atomic E-state index is 12.4. The lowest BCUT2D eigenvalue weighted by Crippen LogP contribution is -2.35. The van der Waals surface area contributed by atoms with E-state index in [0.717, 1.165) is 22.3 Å². The van der Waals surface area contributed by atoms with Crippen LogP contribution in [0, 0.1) is 0 Å². The number of nitrogens with one attached hydrogen (secondary N) is 1. The molecule has 1 N–H and O–H groups in total. The first-order valence-electron chi connectivity index (χ1n) is 9.35. The van der Waals surface area contributed by atoms with Gasteiger partial charge in [0.1, 0.15) is 6.61 Å². The zero-order chi connectivity index (χ0) is 20.2. The summed E-state index contributed by atoms with van der Waals surface area (Å²) in [6, 6.07) is 18.7. The standard InChI is InChI=1S/C23H20N2O4/c26-22(27)12-21(15-6-5-11-24-13-15)25-23(28)29-14-20-18-9-3-1-7-16(18)17-8-2-4-10-19(17)20/h1-11,13,20-21H,12,14H2,(H,25,28)(H,26,27)/p-1/t21-/m1/s1. The van der Waals surface area contributed by atoms with Crippen LogP contribution >= 0.6 is 0 Å². The summed E-state index contributed by atoms with van der Waals surface area (Å²) in [5, 5.41) is 13.7. The molecule has 146 valence electrons. The Morgan fingerprint density at radius 3 is 2.24 bits per heavy atom. The van der Waals surface area contributed by atoms with E-state index in [1.54, 1.807) is 18.3 Å². The number of rotatable bonds is 6. The van der Waals surface area contributed by atoms with Gasteiger partial charge in [-0.1, -0.05) is 54.6 Å². The number of ether oxygens (including phenoxy) is 1. The molecule has 0 fully saturated rings. The van der Waals surface area contributed by atoms with Crippen molar-refractivity contribution in [1.29, 1.82) is 0 Å². The van der Waals surface area contributed by atoms with Gasteiger partial charge in [-0.3, -0.25) is 4.98 Å². The van der Waals surface area contributed by atoms with Gasteiger partial charge in [0, 0.05) is 30.7 Å². The summed E-state index contributed by atoms with van der Waals surface area (Å²) in [6.45, 7) is 0.158. The van der Waals surface area contributed by atoms with Gasteiger partial charge in [-0.05, 0) is 33.9 Å². The van der Waals surface area contributed by atoms with E-state index in [0.29, 0.717) is 5.56 Å². The van der Waals surface area contributed by atoms with Gasteiger partial charge < -0.3 is 20.0 Å². The number of aliphatic carboxylic acids is 1. The van der Waals surface area contributed by atoms with E-state index < -0.39 is 18.1 Å². The summed E-state index contributed by atoms with van der Waals surface area (Å²) < 4.78 is 5.49. The largest absolute Gasteiger partial charge is 0.550 e. The number of carboxylic acid groups (broad SMARTS) is 1. The Kier molecular flexibility index (Phi) is 5.24. The fourth-order valence-electron chi connectivity index (χ4n) is 3.78. The van der Waals surface area contributed by atoms with Gasteiger partial charge in [-0.2, -0.15) is 0 Å². The Morgan fingerprint density at radius 2 is 1.66 bits per heavy atom. The molecule has 1 aliphatic carbocycles. The van der Waals surface area contributed by atoms with Crippen molar-refractivity contribution in [1.82, 2.24) is 10.3 Å². The lowest BCUT2D eigenvalue weighted by Gasteiger charge is -2.20. The van der Waals surface area contributed by atoms with Crippen LogP contribution in [-0.2, 0) is 9.53 Å². The Bertz CT molecular complexity index is 990. The molecule has 1 aliphatic rings. The third kappa shape index (κ3) is 3.96. The summed E-state index contributed by atoms with van der Waals surface area (Å²) >= 11 is 0. The molecule has 0 spiro atoms. The van der Waals surface area contributed by atoms with Gasteiger partial charge in [-0.15, -0.1) is 0 Å². The van der Waals surface area contributed by atoms with E-state index in [4.69, 9.17) is 4.74 Å². The number of carbonyl (C=O) groups excluding carboxylic acids is 2. The number of hydrogen-bond acceptors (Lipinski definition) is 5. The van der Waals surface area contributed by atoms with Crippen LogP contribution in [0.2, 0.25) is 0 Å². The van der Waals surface area contributed by atoms with Crippen LogP contribution in [0.3, 0.4) is 0 Å². The average Bonchev–Trinajstić information content (AvgIpc) is 3.06. The maximum Gasteiger partial charge on any atom is 0.407 e. The minimum absolute atomic E-state index is 0.0638. The third-order valence-electron chi connectivity index (χ3n) is 5.09. The zero-order valence-electron chi connectivity index (χ0n) is 15.6. The van der Waals surface area contributed by atoms with Crippen LogP contribution < -0.4 is 10.4 Å². The number of aromatic nitrogens is 1. The van der Waals surface area contributed by atoms with Gasteiger partial charge in [-0.25, -0.2) is 4.79 Å². The molecular formula is C23H19N2O4-. The molecule has 0 unspecified atom stereocenters. The van der Waals surface area contributed by atoms with Crippen molar-refractivity contribution in [2.75, 3.05) is 6.61 Å². The van der Waals surface area contributed by atoms with Crippen molar-refractivity contribution in [3.8, 4) is 11.1 Å². The fourth-order valence-corrected chi connectivity index (χ4v) is 3.78. The minimum atomic E-state index is -1.27. The highest BCUT2D eigenvalue weighted by Gasteiger charge is 2.29. The predicted octanol–water partition coefficient (Wildman–Crippen LogP) is 2.80. The van der Waals surface area contributed by atoms with E-state index >= 15 is 0 Å². The van der Waals surface area contributed by atoms with E-state index in [9.17, 15) is 14.7 Å². The molecule has 6 heteroatoms. The average molecular weight is 387 g/mol. The molecule has 0 bridgehead atoms. The number of fused-ring (bicyclic) bond motifs is 3. The molecule has 0 saturated heterocycles. The quantitative estimate of drug-likeness (QED) is 0.702. The number of amides is 1. The highest BCUT2D eigenvalue weighted by atomic mass is 16.5. The fraction of sp³-hybridized carbons (Fsp3) is 0.174. The molecule has 0 saturated carbocycles. The maximum absolute atomic E-state index is 12.4.